The van der Waals surface area contributed by atoms with Crippen LogP contribution in [0.1, 0.15) is 10.4 Å². The molecular formula is C12H18IN3OS. The monoisotopic (exact) mass is 379 g/mol. The van der Waals surface area contributed by atoms with Gasteiger partial charge in [0.05, 0.1) is 8.45 Å². The smallest absolute Gasteiger partial charge is 0.252 e. The van der Waals surface area contributed by atoms with E-state index in [0.29, 0.717) is 0 Å². The van der Waals surface area contributed by atoms with E-state index in [1.165, 1.54) is 0 Å². The molecule has 2 heterocycles. The molecule has 6 heteroatoms. The van der Waals surface area contributed by atoms with Gasteiger partial charge in [-0.2, -0.15) is 0 Å². The Hall–Kier alpha value is -0.180. The van der Waals surface area contributed by atoms with Crippen LogP contribution in [0.2, 0.25) is 0 Å². The van der Waals surface area contributed by atoms with E-state index in [9.17, 15) is 4.79 Å². The highest BCUT2D eigenvalue weighted by molar-refractivity contribution is 14.1. The van der Waals surface area contributed by atoms with Crippen molar-refractivity contribution >= 4 is 39.8 Å². The minimum atomic E-state index is 0.0447. The molecule has 4 nitrogen and oxygen atoms in total. The van der Waals surface area contributed by atoms with Gasteiger partial charge in [-0.3, -0.25) is 9.69 Å². The number of thiophene rings is 1. The fourth-order valence-electron chi connectivity index (χ4n) is 1.93. The van der Waals surface area contributed by atoms with Gasteiger partial charge in [0.25, 0.3) is 5.91 Å². The maximum absolute atomic E-state index is 11.8. The van der Waals surface area contributed by atoms with E-state index in [0.717, 1.165) is 47.7 Å². The molecule has 1 aromatic rings. The Morgan fingerprint density at radius 3 is 2.78 bits per heavy atom. The molecule has 0 bridgehead atoms. The van der Waals surface area contributed by atoms with Gasteiger partial charge in [0.1, 0.15) is 0 Å². The lowest BCUT2D eigenvalue weighted by Gasteiger charge is -2.32. The van der Waals surface area contributed by atoms with Crippen molar-refractivity contribution in [1.29, 1.82) is 0 Å². The lowest BCUT2D eigenvalue weighted by Crippen LogP contribution is -2.46. The first kappa shape index (κ1) is 14.2. The number of carbonyl (C=O) groups is 1. The first-order valence-corrected chi connectivity index (χ1v) is 8.04. The second kappa shape index (κ2) is 6.83. The number of halogens is 1. The van der Waals surface area contributed by atoms with Crippen LogP contribution in [0.3, 0.4) is 0 Å². The highest BCUT2D eigenvalue weighted by Gasteiger charge is 2.13. The summed E-state index contributed by atoms with van der Waals surface area (Å²) in [4.78, 5) is 16.6. The van der Waals surface area contributed by atoms with Gasteiger partial charge in [-0.25, -0.2) is 0 Å². The third-order valence-electron chi connectivity index (χ3n) is 3.14. The third kappa shape index (κ3) is 4.18. The molecular weight excluding hydrogens is 361 g/mol. The Kier molecular flexibility index (Phi) is 5.40. The van der Waals surface area contributed by atoms with E-state index in [1.54, 1.807) is 11.3 Å². The molecule has 0 aromatic carbocycles. The lowest BCUT2D eigenvalue weighted by atomic mass is 10.3. The summed E-state index contributed by atoms with van der Waals surface area (Å²) in [5.74, 6) is 0.0447. The van der Waals surface area contributed by atoms with Crippen molar-refractivity contribution in [2.75, 3.05) is 46.3 Å². The number of likely N-dealkylation sites (N-methyl/N-ethyl adjacent to an activating group) is 1. The van der Waals surface area contributed by atoms with Crippen molar-refractivity contribution in [2.24, 2.45) is 0 Å². The van der Waals surface area contributed by atoms with Crippen LogP contribution in [0.25, 0.3) is 0 Å². The number of carbonyl (C=O) groups excluding carboxylic acids is 1. The molecule has 1 aliphatic rings. The van der Waals surface area contributed by atoms with Gasteiger partial charge in [0.2, 0.25) is 0 Å². The number of hydrogen-bond donors (Lipinski definition) is 1. The van der Waals surface area contributed by atoms with Crippen molar-refractivity contribution in [3.63, 3.8) is 0 Å². The molecule has 1 aliphatic heterocycles. The Labute approximate surface area is 125 Å². The standard InChI is InChI=1S/C12H18IN3OS/c1-15-4-6-16(7-5-15)3-2-14-12(17)10-8-11(13)18-9-10/h8-9H,2-7H2,1H3,(H,14,17). The van der Waals surface area contributed by atoms with Crippen molar-refractivity contribution in [2.45, 2.75) is 0 Å². The van der Waals surface area contributed by atoms with Gasteiger partial charge in [-0.05, 0) is 35.7 Å². The zero-order valence-electron chi connectivity index (χ0n) is 10.5. The van der Waals surface area contributed by atoms with E-state index < -0.39 is 0 Å². The van der Waals surface area contributed by atoms with E-state index in [1.807, 2.05) is 11.4 Å². The van der Waals surface area contributed by atoms with Crippen molar-refractivity contribution in [3.8, 4) is 0 Å². The van der Waals surface area contributed by atoms with Crippen LogP contribution in [0.4, 0.5) is 0 Å². The number of rotatable bonds is 4. The predicted molar refractivity (Wildman–Crippen MR) is 83.3 cm³/mol. The molecule has 0 aliphatic carbocycles. The van der Waals surface area contributed by atoms with Gasteiger partial charge in [0, 0.05) is 44.6 Å². The maximum atomic E-state index is 11.8. The largest absolute Gasteiger partial charge is 0.351 e. The zero-order chi connectivity index (χ0) is 13.0. The average molecular weight is 379 g/mol. The molecule has 18 heavy (non-hydrogen) atoms. The van der Waals surface area contributed by atoms with Crippen molar-refractivity contribution < 1.29 is 4.79 Å². The number of piperazine rings is 1. The van der Waals surface area contributed by atoms with E-state index in [4.69, 9.17) is 0 Å². The maximum Gasteiger partial charge on any atom is 0.252 e. The van der Waals surface area contributed by atoms with E-state index in [2.05, 4.69) is 44.8 Å². The summed E-state index contributed by atoms with van der Waals surface area (Å²) in [5, 5.41) is 4.89. The highest BCUT2D eigenvalue weighted by Crippen LogP contribution is 2.16. The summed E-state index contributed by atoms with van der Waals surface area (Å²) < 4.78 is 1.15. The second-order valence-corrected chi connectivity index (χ2v) is 7.35. The molecule has 0 saturated carbocycles. The van der Waals surface area contributed by atoms with Crippen molar-refractivity contribution in [1.82, 2.24) is 15.1 Å². The first-order valence-electron chi connectivity index (χ1n) is 6.08. The fraction of sp³-hybridized carbons (Fsp3) is 0.583. The Morgan fingerprint density at radius 2 is 2.17 bits per heavy atom. The molecule has 1 saturated heterocycles. The van der Waals surface area contributed by atoms with Crippen LogP contribution >= 0.6 is 33.9 Å². The Balaban J connectivity index is 1.67. The van der Waals surface area contributed by atoms with Gasteiger partial charge in [0.15, 0.2) is 0 Å². The minimum absolute atomic E-state index is 0.0447. The van der Waals surface area contributed by atoms with Crippen LogP contribution in [-0.2, 0) is 0 Å². The van der Waals surface area contributed by atoms with Gasteiger partial charge in [-0.15, -0.1) is 11.3 Å². The summed E-state index contributed by atoms with van der Waals surface area (Å²) in [6.07, 6.45) is 0. The van der Waals surface area contributed by atoms with Crippen LogP contribution in [0.15, 0.2) is 11.4 Å². The molecule has 1 N–H and O–H groups in total. The molecule has 1 aromatic heterocycles. The van der Waals surface area contributed by atoms with E-state index >= 15 is 0 Å². The highest BCUT2D eigenvalue weighted by atomic mass is 127. The molecule has 0 atom stereocenters. The summed E-state index contributed by atoms with van der Waals surface area (Å²) in [6, 6.07) is 1.93. The summed E-state index contributed by atoms with van der Waals surface area (Å²) >= 11 is 3.84. The Bertz CT molecular complexity index is 402. The predicted octanol–water partition coefficient (Wildman–Crippen LogP) is 1.33. The number of nitrogens with zero attached hydrogens (tertiary/aromatic N) is 2. The minimum Gasteiger partial charge on any atom is -0.351 e. The molecule has 100 valence electrons. The summed E-state index contributed by atoms with van der Waals surface area (Å²) in [5.41, 5.74) is 0.780. The molecule has 0 unspecified atom stereocenters. The zero-order valence-corrected chi connectivity index (χ0v) is 13.5. The summed E-state index contributed by atoms with van der Waals surface area (Å²) in [7, 11) is 2.15. The van der Waals surface area contributed by atoms with Crippen LogP contribution < -0.4 is 5.32 Å². The lowest BCUT2D eigenvalue weighted by molar-refractivity contribution is 0.0941. The first-order chi connectivity index (χ1) is 8.65. The van der Waals surface area contributed by atoms with E-state index in [-0.39, 0.29) is 5.91 Å². The summed E-state index contributed by atoms with van der Waals surface area (Å²) in [6.45, 7) is 6.12. The van der Waals surface area contributed by atoms with Gasteiger partial charge in [-0.1, -0.05) is 0 Å². The van der Waals surface area contributed by atoms with Gasteiger partial charge >= 0.3 is 0 Å². The quantitative estimate of drug-likeness (QED) is 0.802. The molecule has 1 fully saturated rings. The van der Waals surface area contributed by atoms with Crippen LogP contribution in [0, 0.1) is 2.88 Å². The second-order valence-electron chi connectivity index (χ2n) is 4.54. The van der Waals surface area contributed by atoms with Gasteiger partial charge < -0.3 is 10.2 Å². The molecule has 2 rings (SSSR count). The number of nitrogens with one attached hydrogen (secondary N) is 1. The number of hydrogen-bond acceptors (Lipinski definition) is 4. The number of amides is 1. The normalized spacial score (nSPS) is 17.9. The third-order valence-corrected chi connectivity index (χ3v) is 4.93. The van der Waals surface area contributed by atoms with Crippen LogP contribution in [0.5, 0.6) is 0 Å². The molecule has 0 spiro atoms. The Morgan fingerprint density at radius 1 is 1.44 bits per heavy atom. The van der Waals surface area contributed by atoms with Crippen molar-refractivity contribution in [3.05, 3.63) is 19.9 Å². The SMILES string of the molecule is CN1CCN(CCNC(=O)c2csc(I)c2)CC1. The molecule has 1 amide bonds. The average Bonchev–Trinajstić information content (AvgIpc) is 2.78. The fourth-order valence-corrected chi connectivity index (χ4v) is 3.26. The molecule has 0 radical (unpaired) electrons. The van der Waals surface area contributed by atoms with Crippen LogP contribution in [-0.4, -0.2) is 62.0 Å². The topological polar surface area (TPSA) is 35.6 Å².